The van der Waals surface area contributed by atoms with E-state index < -0.39 is 10.0 Å². The number of benzene rings is 1. The van der Waals surface area contributed by atoms with Crippen molar-refractivity contribution in [3.05, 3.63) is 24.3 Å². The van der Waals surface area contributed by atoms with Crippen LogP contribution >= 0.6 is 0 Å². The van der Waals surface area contributed by atoms with Gasteiger partial charge in [0, 0.05) is 18.8 Å². The monoisotopic (exact) mass is 254 g/mol. The summed E-state index contributed by atoms with van der Waals surface area (Å²) in [7, 11) is -1.53. The number of hydrogen-bond acceptors (Lipinski definition) is 3. The van der Waals surface area contributed by atoms with Gasteiger partial charge in [-0.25, -0.2) is 13.6 Å². The first-order valence-electron chi connectivity index (χ1n) is 5.84. The van der Waals surface area contributed by atoms with E-state index in [0.29, 0.717) is 6.04 Å². The Kier molecular flexibility index (Phi) is 3.40. The molecule has 0 unspecified atom stereocenters. The lowest BCUT2D eigenvalue weighted by molar-refractivity contribution is 0.597. The van der Waals surface area contributed by atoms with E-state index in [4.69, 9.17) is 5.14 Å². The molecule has 0 spiro atoms. The fourth-order valence-corrected chi connectivity index (χ4v) is 2.89. The van der Waals surface area contributed by atoms with Crippen molar-refractivity contribution in [1.29, 1.82) is 0 Å². The molecular formula is C12H18N2O2S. The summed E-state index contributed by atoms with van der Waals surface area (Å²) in [6.07, 6.45) is 5.00. The van der Waals surface area contributed by atoms with Crippen LogP contribution in [0, 0.1) is 0 Å². The Labute approximate surface area is 102 Å². The van der Waals surface area contributed by atoms with E-state index in [0.717, 1.165) is 5.69 Å². The Morgan fingerprint density at radius 3 is 2.18 bits per heavy atom. The van der Waals surface area contributed by atoms with Gasteiger partial charge in [-0.15, -0.1) is 0 Å². The minimum absolute atomic E-state index is 0.168. The first-order chi connectivity index (χ1) is 7.98. The molecule has 0 atom stereocenters. The molecule has 1 saturated carbocycles. The number of nitrogens with zero attached hydrogens (tertiary/aromatic N) is 1. The van der Waals surface area contributed by atoms with Crippen LogP contribution in [-0.2, 0) is 10.0 Å². The van der Waals surface area contributed by atoms with Gasteiger partial charge in [-0.3, -0.25) is 0 Å². The highest BCUT2D eigenvalue weighted by atomic mass is 32.2. The van der Waals surface area contributed by atoms with Gasteiger partial charge in [0.15, 0.2) is 0 Å². The molecule has 4 nitrogen and oxygen atoms in total. The lowest BCUT2D eigenvalue weighted by atomic mass is 10.2. The molecule has 94 valence electrons. The lowest BCUT2D eigenvalue weighted by Gasteiger charge is -2.26. The van der Waals surface area contributed by atoms with E-state index in [1.807, 2.05) is 12.1 Å². The quantitative estimate of drug-likeness (QED) is 0.893. The van der Waals surface area contributed by atoms with Crippen molar-refractivity contribution < 1.29 is 8.42 Å². The molecule has 0 aromatic heterocycles. The van der Waals surface area contributed by atoms with Crippen LogP contribution in [0.3, 0.4) is 0 Å². The molecule has 1 aliphatic carbocycles. The summed E-state index contributed by atoms with van der Waals surface area (Å²) in [5, 5.41) is 5.06. The van der Waals surface area contributed by atoms with Crippen LogP contribution in [0.2, 0.25) is 0 Å². The van der Waals surface area contributed by atoms with Gasteiger partial charge in [0.2, 0.25) is 10.0 Å². The Bertz CT molecular complexity index is 476. The molecule has 0 aliphatic heterocycles. The van der Waals surface area contributed by atoms with Gasteiger partial charge in [-0.05, 0) is 37.1 Å². The third-order valence-electron chi connectivity index (χ3n) is 3.44. The second-order valence-electron chi connectivity index (χ2n) is 4.59. The van der Waals surface area contributed by atoms with Crippen molar-refractivity contribution in [3.8, 4) is 0 Å². The van der Waals surface area contributed by atoms with Crippen LogP contribution in [0.5, 0.6) is 0 Å². The largest absolute Gasteiger partial charge is 0.372 e. The third-order valence-corrected chi connectivity index (χ3v) is 4.37. The number of rotatable bonds is 3. The van der Waals surface area contributed by atoms with E-state index in [1.54, 1.807) is 12.1 Å². The first kappa shape index (κ1) is 12.4. The summed E-state index contributed by atoms with van der Waals surface area (Å²) in [4.78, 5) is 2.39. The summed E-state index contributed by atoms with van der Waals surface area (Å²) in [6, 6.07) is 7.35. The zero-order valence-corrected chi connectivity index (χ0v) is 10.8. The van der Waals surface area contributed by atoms with Gasteiger partial charge in [0.05, 0.1) is 4.90 Å². The van der Waals surface area contributed by atoms with E-state index in [9.17, 15) is 8.42 Å². The molecular weight excluding hydrogens is 236 g/mol. The van der Waals surface area contributed by atoms with Crippen LogP contribution in [0.25, 0.3) is 0 Å². The van der Waals surface area contributed by atoms with Crippen molar-refractivity contribution in [2.45, 2.75) is 36.6 Å². The predicted molar refractivity (Wildman–Crippen MR) is 68.5 cm³/mol. The molecule has 5 heteroatoms. The molecule has 2 N–H and O–H groups in total. The Hall–Kier alpha value is -1.07. The zero-order chi connectivity index (χ0) is 12.5. The molecule has 0 bridgehead atoms. The van der Waals surface area contributed by atoms with Crippen molar-refractivity contribution in [1.82, 2.24) is 0 Å². The van der Waals surface area contributed by atoms with Crippen LogP contribution in [0.1, 0.15) is 25.7 Å². The first-order valence-corrected chi connectivity index (χ1v) is 7.39. The van der Waals surface area contributed by atoms with Crippen molar-refractivity contribution >= 4 is 15.7 Å². The molecule has 1 aromatic rings. The minimum atomic E-state index is -3.58. The lowest BCUT2D eigenvalue weighted by Crippen LogP contribution is -2.28. The van der Waals surface area contributed by atoms with Gasteiger partial charge >= 0.3 is 0 Å². The summed E-state index contributed by atoms with van der Waals surface area (Å²) >= 11 is 0. The van der Waals surface area contributed by atoms with Gasteiger partial charge < -0.3 is 4.90 Å². The van der Waals surface area contributed by atoms with E-state index >= 15 is 0 Å². The van der Waals surface area contributed by atoms with E-state index in [-0.39, 0.29) is 4.90 Å². The Morgan fingerprint density at radius 1 is 1.18 bits per heavy atom. The molecule has 1 fully saturated rings. The van der Waals surface area contributed by atoms with E-state index in [2.05, 4.69) is 11.9 Å². The van der Waals surface area contributed by atoms with Crippen LogP contribution < -0.4 is 10.0 Å². The average Bonchev–Trinajstić information content (AvgIpc) is 2.80. The number of anilines is 1. The zero-order valence-electron chi connectivity index (χ0n) is 9.96. The molecule has 17 heavy (non-hydrogen) atoms. The van der Waals surface area contributed by atoms with Crippen LogP contribution in [0.4, 0.5) is 5.69 Å². The summed E-state index contributed by atoms with van der Waals surface area (Å²) in [5.41, 5.74) is 1.05. The van der Waals surface area contributed by atoms with Crippen molar-refractivity contribution in [3.63, 3.8) is 0 Å². The highest BCUT2D eigenvalue weighted by Crippen LogP contribution is 2.27. The number of hydrogen-bond donors (Lipinski definition) is 1. The third kappa shape index (κ3) is 2.79. The molecule has 0 radical (unpaired) electrons. The summed E-state index contributed by atoms with van der Waals surface area (Å²) in [6.45, 7) is 0. The van der Waals surface area contributed by atoms with Gasteiger partial charge in [0.25, 0.3) is 0 Å². The van der Waals surface area contributed by atoms with Gasteiger partial charge in [-0.2, -0.15) is 0 Å². The molecule has 0 saturated heterocycles. The second-order valence-corrected chi connectivity index (χ2v) is 6.15. The number of primary sulfonamides is 1. The predicted octanol–water partition coefficient (Wildman–Crippen LogP) is 1.71. The standard InChI is InChI=1S/C12H18N2O2S/c1-14(10-4-2-3-5-10)11-6-8-12(9-7-11)17(13,15)16/h6-10H,2-5H2,1H3,(H2,13,15,16). The van der Waals surface area contributed by atoms with Crippen LogP contribution in [-0.4, -0.2) is 21.5 Å². The topological polar surface area (TPSA) is 63.4 Å². The summed E-state index contributed by atoms with van der Waals surface area (Å²) < 4.78 is 22.3. The fourth-order valence-electron chi connectivity index (χ4n) is 2.37. The molecule has 1 aliphatic rings. The maximum absolute atomic E-state index is 11.1. The van der Waals surface area contributed by atoms with Crippen LogP contribution in [0.15, 0.2) is 29.2 Å². The minimum Gasteiger partial charge on any atom is -0.372 e. The molecule has 2 rings (SSSR count). The summed E-state index contributed by atoms with van der Waals surface area (Å²) in [5.74, 6) is 0. The fraction of sp³-hybridized carbons (Fsp3) is 0.500. The van der Waals surface area contributed by atoms with Gasteiger partial charge in [-0.1, -0.05) is 12.8 Å². The van der Waals surface area contributed by atoms with Crippen molar-refractivity contribution in [2.24, 2.45) is 5.14 Å². The molecule has 0 heterocycles. The normalized spacial score (nSPS) is 17.3. The number of sulfonamides is 1. The maximum atomic E-state index is 11.1. The average molecular weight is 254 g/mol. The SMILES string of the molecule is CN(c1ccc(S(N)(=O)=O)cc1)C1CCCC1. The highest BCUT2D eigenvalue weighted by molar-refractivity contribution is 7.89. The molecule has 0 amide bonds. The number of nitrogens with two attached hydrogens (primary N) is 1. The Morgan fingerprint density at radius 2 is 1.71 bits per heavy atom. The Balaban J connectivity index is 2.17. The highest BCUT2D eigenvalue weighted by Gasteiger charge is 2.20. The smallest absolute Gasteiger partial charge is 0.238 e. The molecule has 1 aromatic carbocycles. The van der Waals surface area contributed by atoms with Gasteiger partial charge in [0.1, 0.15) is 0 Å². The maximum Gasteiger partial charge on any atom is 0.238 e. The van der Waals surface area contributed by atoms with E-state index in [1.165, 1.54) is 25.7 Å². The van der Waals surface area contributed by atoms with Crippen molar-refractivity contribution in [2.75, 3.05) is 11.9 Å². The second kappa shape index (κ2) is 4.66.